The van der Waals surface area contributed by atoms with Crippen molar-refractivity contribution < 1.29 is 0 Å². The van der Waals surface area contributed by atoms with Crippen LogP contribution in [0.5, 0.6) is 0 Å². The molecule has 1 aliphatic carbocycles. The van der Waals surface area contributed by atoms with Gasteiger partial charge < -0.3 is 5.73 Å². The molecule has 0 spiro atoms. The van der Waals surface area contributed by atoms with Gasteiger partial charge in [0.2, 0.25) is 0 Å². The summed E-state index contributed by atoms with van der Waals surface area (Å²) in [6.45, 7) is 4.73. The molecule has 0 atom stereocenters. The van der Waals surface area contributed by atoms with Gasteiger partial charge >= 0.3 is 0 Å². The summed E-state index contributed by atoms with van der Waals surface area (Å²) in [6, 6.07) is 71.7. The standard InChI is InChI=1S/C57H44N2/c1-57(2)51-26-14-25-50(55(51)54-45-22-10-9-20-42(45)32-35-52(54)57)48-33-34-49(47-24-12-11-23-46(47)48)53(36-27-38-15-13-21-44(37-38)40-18-7-4-8-19-40)59-56(58)43-30-28-41(29-31-43)39-16-5-3-6-17-39/h3-26,28-37H,27H2,1-2H3,(H2,58,59)/b53-36-. The Bertz CT molecular complexity index is 3080. The highest BCUT2D eigenvalue weighted by atomic mass is 14.9. The van der Waals surface area contributed by atoms with Gasteiger partial charge in [0.1, 0.15) is 5.84 Å². The molecule has 0 bridgehead atoms. The van der Waals surface area contributed by atoms with Gasteiger partial charge in [-0.25, -0.2) is 4.99 Å². The molecule has 0 heterocycles. The molecule has 0 unspecified atom stereocenters. The summed E-state index contributed by atoms with van der Waals surface area (Å²) in [7, 11) is 0. The van der Waals surface area contributed by atoms with E-state index in [1.54, 1.807) is 0 Å². The van der Waals surface area contributed by atoms with Gasteiger partial charge in [-0.3, -0.25) is 0 Å². The third-order valence-corrected chi connectivity index (χ3v) is 12.2. The molecular weight excluding hydrogens is 713 g/mol. The molecule has 0 radical (unpaired) electrons. The third-order valence-electron chi connectivity index (χ3n) is 12.2. The number of aliphatic imine (C=N–C) groups is 1. The molecule has 9 aromatic carbocycles. The van der Waals surface area contributed by atoms with Crippen LogP contribution in [-0.4, -0.2) is 5.84 Å². The summed E-state index contributed by atoms with van der Waals surface area (Å²) in [5.41, 5.74) is 23.4. The van der Waals surface area contributed by atoms with Crippen molar-refractivity contribution in [2.24, 2.45) is 10.7 Å². The van der Waals surface area contributed by atoms with Crippen LogP contribution in [0.25, 0.3) is 71.7 Å². The van der Waals surface area contributed by atoms with Gasteiger partial charge in [0, 0.05) is 16.5 Å². The topological polar surface area (TPSA) is 38.4 Å². The van der Waals surface area contributed by atoms with Crippen molar-refractivity contribution in [3.05, 3.63) is 234 Å². The van der Waals surface area contributed by atoms with Crippen LogP contribution in [0.2, 0.25) is 0 Å². The van der Waals surface area contributed by atoms with E-state index < -0.39 is 0 Å². The van der Waals surface area contributed by atoms with E-state index in [0.29, 0.717) is 12.3 Å². The molecule has 0 amide bonds. The number of amidine groups is 1. The summed E-state index contributed by atoms with van der Waals surface area (Å²) < 4.78 is 0. The molecular formula is C57H44N2. The predicted molar refractivity (Wildman–Crippen MR) is 251 cm³/mol. The zero-order chi connectivity index (χ0) is 39.9. The summed E-state index contributed by atoms with van der Waals surface area (Å²) in [5.74, 6) is 0.480. The van der Waals surface area contributed by atoms with Crippen molar-refractivity contribution in [2.75, 3.05) is 0 Å². The molecule has 282 valence electrons. The molecule has 10 rings (SSSR count). The summed E-state index contributed by atoms with van der Waals surface area (Å²) in [4.78, 5) is 5.26. The Morgan fingerprint density at radius 3 is 1.86 bits per heavy atom. The third kappa shape index (κ3) is 6.53. The van der Waals surface area contributed by atoms with Gasteiger partial charge in [-0.15, -0.1) is 0 Å². The lowest BCUT2D eigenvalue weighted by atomic mass is 9.81. The van der Waals surface area contributed by atoms with Crippen molar-refractivity contribution in [1.82, 2.24) is 0 Å². The Labute approximate surface area is 346 Å². The molecule has 1 aliphatic rings. The van der Waals surface area contributed by atoms with Crippen molar-refractivity contribution in [3.8, 4) is 44.5 Å². The molecule has 2 nitrogen and oxygen atoms in total. The average molecular weight is 757 g/mol. The fourth-order valence-electron chi connectivity index (χ4n) is 9.13. The first kappa shape index (κ1) is 36.1. The van der Waals surface area contributed by atoms with Crippen LogP contribution < -0.4 is 5.73 Å². The lowest BCUT2D eigenvalue weighted by molar-refractivity contribution is 0.661. The first-order valence-corrected chi connectivity index (χ1v) is 20.5. The number of rotatable bonds is 8. The molecule has 59 heavy (non-hydrogen) atoms. The van der Waals surface area contributed by atoms with Crippen LogP contribution in [0.1, 0.15) is 41.7 Å². The molecule has 0 saturated heterocycles. The highest BCUT2D eigenvalue weighted by Crippen LogP contribution is 2.55. The smallest absolute Gasteiger partial charge is 0.131 e. The maximum Gasteiger partial charge on any atom is 0.131 e. The Morgan fingerprint density at radius 2 is 1.10 bits per heavy atom. The molecule has 0 aliphatic heterocycles. The second kappa shape index (κ2) is 14.9. The fourth-order valence-corrected chi connectivity index (χ4v) is 9.13. The SMILES string of the molecule is CC1(C)c2cccc(-c3ccc(/C(=C/Cc4cccc(-c5ccccc5)c4)N=C(N)c4ccc(-c5ccccc5)cc4)c4ccccc34)c2-c2c1ccc1ccccc21. The number of allylic oxidation sites excluding steroid dienone is 1. The number of fused-ring (bicyclic) bond motifs is 6. The van der Waals surface area contributed by atoms with E-state index in [0.717, 1.165) is 27.8 Å². The van der Waals surface area contributed by atoms with Gasteiger partial charge in [0.25, 0.3) is 0 Å². The van der Waals surface area contributed by atoms with Crippen molar-refractivity contribution in [3.63, 3.8) is 0 Å². The van der Waals surface area contributed by atoms with E-state index in [9.17, 15) is 0 Å². The predicted octanol–water partition coefficient (Wildman–Crippen LogP) is 14.3. The molecule has 9 aromatic rings. The lowest BCUT2D eigenvalue weighted by Crippen LogP contribution is -2.14. The van der Waals surface area contributed by atoms with Crippen LogP contribution in [0.3, 0.4) is 0 Å². The van der Waals surface area contributed by atoms with Crippen LogP contribution in [0, 0.1) is 0 Å². The van der Waals surface area contributed by atoms with Gasteiger partial charge in [-0.05, 0) is 89.2 Å². The van der Waals surface area contributed by atoms with Gasteiger partial charge in [0.05, 0.1) is 5.70 Å². The Balaban J connectivity index is 1.12. The average Bonchev–Trinajstić information content (AvgIpc) is 3.54. The molecule has 2 N–H and O–H groups in total. The first-order valence-electron chi connectivity index (χ1n) is 20.5. The van der Waals surface area contributed by atoms with E-state index in [-0.39, 0.29) is 5.41 Å². The van der Waals surface area contributed by atoms with Gasteiger partial charge in [0.15, 0.2) is 0 Å². The number of benzene rings is 9. The molecule has 0 aromatic heterocycles. The van der Waals surface area contributed by atoms with Crippen molar-refractivity contribution in [2.45, 2.75) is 25.7 Å². The maximum atomic E-state index is 6.94. The van der Waals surface area contributed by atoms with Gasteiger partial charge in [-0.1, -0.05) is 220 Å². The van der Waals surface area contributed by atoms with E-state index in [4.69, 9.17) is 10.7 Å². The number of nitrogens with zero attached hydrogens (tertiary/aromatic N) is 1. The normalized spacial score (nSPS) is 13.4. The van der Waals surface area contributed by atoms with Crippen LogP contribution >= 0.6 is 0 Å². The second-order valence-corrected chi connectivity index (χ2v) is 16.1. The minimum Gasteiger partial charge on any atom is -0.383 e. The van der Waals surface area contributed by atoms with Crippen LogP contribution in [-0.2, 0) is 11.8 Å². The van der Waals surface area contributed by atoms with E-state index in [1.165, 1.54) is 71.8 Å². The maximum absolute atomic E-state index is 6.94. The number of hydrogen-bond donors (Lipinski definition) is 1. The zero-order valence-electron chi connectivity index (χ0n) is 33.4. The quantitative estimate of drug-likeness (QED) is 0.122. The summed E-state index contributed by atoms with van der Waals surface area (Å²) >= 11 is 0. The lowest BCUT2D eigenvalue weighted by Gasteiger charge is -2.22. The Morgan fingerprint density at radius 1 is 0.492 bits per heavy atom. The molecule has 0 saturated carbocycles. The highest BCUT2D eigenvalue weighted by Gasteiger charge is 2.38. The largest absolute Gasteiger partial charge is 0.383 e. The van der Waals surface area contributed by atoms with Crippen LogP contribution in [0.15, 0.2) is 211 Å². The number of nitrogens with two attached hydrogens (primary N) is 1. The minimum absolute atomic E-state index is 0.125. The van der Waals surface area contributed by atoms with Gasteiger partial charge in [-0.2, -0.15) is 0 Å². The monoisotopic (exact) mass is 756 g/mol. The van der Waals surface area contributed by atoms with E-state index in [2.05, 4.69) is 214 Å². The van der Waals surface area contributed by atoms with E-state index >= 15 is 0 Å². The summed E-state index contributed by atoms with van der Waals surface area (Å²) in [5, 5.41) is 4.88. The Kier molecular flexibility index (Phi) is 9.11. The zero-order valence-corrected chi connectivity index (χ0v) is 33.4. The van der Waals surface area contributed by atoms with Crippen LogP contribution in [0.4, 0.5) is 0 Å². The highest BCUT2D eigenvalue weighted by molar-refractivity contribution is 6.11. The van der Waals surface area contributed by atoms with Crippen molar-refractivity contribution >= 4 is 33.1 Å². The Hall–Kier alpha value is -7.29. The molecule has 0 fully saturated rings. The molecule has 2 heteroatoms. The fraction of sp³-hybridized carbons (Fsp3) is 0.0702. The number of hydrogen-bond acceptors (Lipinski definition) is 1. The van der Waals surface area contributed by atoms with E-state index in [1.807, 2.05) is 6.07 Å². The second-order valence-electron chi connectivity index (χ2n) is 16.1. The summed E-state index contributed by atoms with van der Waals surface area (Å²) in [6.07, 6.45) is 2.93. The van der Waals surface area contributed by atoms with Crippen molar-refractivity contribution in [1.29, 1.82) is 0 Å². The minimum atomic E-state index is -0.125. The first-order chi connectivity index (χ1) is 28.9.